The van der Waals surface area contributed by atoms with Crippen molar-refractivity contribution in [2.24, 2.45) is 0 Å². The molecule has 20 heavy (non-hydrogen) atoms. The third-order valence-corrected chi connectivity index (χ3v) is 3.90. The molecule has 2 aromatic rings. The van der Waals surface area contributed by atoms with Gasteiger partial charge in [0.25, 0.3) is 0 Å². The second kappa shape index (κ2) is 7.31. The normalized spacial score (nSPS) is 10.3. The number of benzene rings is 2. The highest BCUT2D eigenvalue weighted by atomic mass is 35.5. The van der Waals surface area contributed by atoms with Crippen LogP contribution in [0, 0.1) is 5.82 Å². The Labute approximate surface area is 126 Å². The maximum Gasteiger partial charge on any atom is 0.234 e. The van der Waals surface area contributed by atoms with E-state index in [0.717, 1.165) is 5.56 Å². The highest BCUT2D eigenvalue weighted by molar-refractivity contribution is 7.99. The third-order valence-electron chi connectivity index (χ3n) is 2.56. The molecule has 0 aliphatic carbocycles. The molecule has 0 saturated carbocycles. The van der Waals surface area contributed by atoms with E-state index in [1.807, 2.05) is 6.07 Å². The molecule has 2 rings (SSSR count). The minimum atomic E-state index is -0.254. The van der Waals surface area contributed by atoms with Crippen molar-refractivity contribution in [1.82, 2.24) is 0 Å². The number of nitrogens with one attached hydrogen (secondary N) is 1. The summed E-state index contributed by atoms with van der Waals surface area (Å²) in [7, 11) is 0. The number of rotatable bonds is 5. The molecule has 0 spiro atoms. The number of carbonyl (C=O) groups is 1. The molecule has 0 fully saturated rings. The molecule has 0 unspecified atom stereocenters. The van der Waals surface area contributed by atoms with Gasteiger partial charge in [-0.25, -0.2) is 4.39 Å². The summed E-state index contributed by atoms with van der Waals surface area (Å²) in [6.07, 6.45) is 0. The topological polar surface area (TPSA) is 29.1 Å². The molecule has 0 aromatic heterocycles. The molecule has 5 heteroatoms. The number of amides is 1. The molecule has 0 bridgehead atoms. The lowest BCUT2D eigenvalue weighted by Gasteiger charge is -2.06. The minimum Gasteiger partial charge on any atom is -0.324 e. The minimum absolute atomic E-state index is 0.106. The molecule has 104 valence electrons. The lowest BCUT2D eigenvalue weighted by atomic mass is 10.2. The van der Waals surface area contributed by atoms with Crippen molar-refractivity contribution in [3.05, 3.63) is 64.9 Å². The summed E-state index contributed by atoms with van der Waals surface area (Å²) in [5.41, 5.74) is 1.60. The van der Waals surface area contributed by atoms with Crippen molar-refractivity contribution >= 4 is 35.0 Å². The molecule has 0 heterocycles. The highest BCUT2D eigenvalue weighted by Gasteiger charge is 2.05. The molecule has 0 saturated heterocycles. The number of para-hydroxylation sites is 1. The van der Waals surface area contributed by atoms with Gasteiger partial charge in [-0.2, -0.15) is 0 Å². The second-order valence-corrected chi connectivity index (χ2v) is 5.54. The lowest BCUT2D eigenvalue weighted by Crippen LogP contribution is -2.14. The van der Waals surface area contributed by atoms with E-state index in [2.05, 4.69) is 5.32 Å². The van der Waals surface area contributed by atoms with Gasteiger partial charge < -0.3 is 5.32 Å². The number of hydrogen-bond donors (Lipinski definition) is 1. The van der Waals surface area contributed by atoms with Crippen LogP contribution in [0.2, 0.25) is 5.02 Å². The van der Waals surface area contributed by atoms with E-state index in [-0.39, 0.29) is 11.7 Å². The second-order valence-electron chi connectivity index (χ2n) is 4.15. The van der Waals surface area contributed by atoms with Crippen molar-refractivity contribution in [3.63, 3.8) is 0 Å². The van der Waals surface area contributed by atoms with Gasteiger partial charge >= 0.3 is 0 Å². The number of anilines is 1. The van der Waals surface area contributed by atoms with E-state index in [1.54, 1.807) is 30.3 Å². The summed E-state index contributed by atoms with van der Waals surface area (Å²) < 4.78 is 12.7. The van der Waals surface area contributed by atoms with Crippen molar-refractivity contribution in [3.8, 4) is 0 Å². The number of halogens is 2. The fourth-order valence-corrected chi connectivity index (χ4v) is 2.56. The molecule has 0 aliphatic heterocycles. The Morgan fingerprint density at radius 3 is 2.55 bits per heavy atom. The zero-order valence-electron chi connectivity index (χ0n) is 10.6. The Morgan fingerprint density at radius 2 is 1.85 bits per heavy atom. The van der Waals surface area contributed by atoms with Crippen LogP contribution in [0.3, 0.4) is 0 Å². The third kappa shape index (κ3) is 4.54. The van der Waals surface area contributed by atoms with E-state index in [1.165, 1.54) is 23.9 Å². The van der Waals surface area contributed by atoms with Crippen LogP contribution in [0.4, 0.5) is 10.1 Å². The SMILES string of the molecule is O=C(CSCc1ccc(F)cc1)Nc1ccccc1Cl. The average molecular weight is 310 g/mol. The summed E-state index contributed by atoms with van der Waals surface area (Å²) >= 11 is 7.42. The van der Waals surface area contributed by atoms with Crippen molar-refractivity contribution in [2.75, 3.05) is 11.1 Å². The van der Waals surface area contributed by atoms with E-state index < -0.39 is 0 Å². The standard InChI is InChI=1S/C15H13ClFNOS/c16-13-3-1-2-4-14(13)18-15(19)10-20-9-11-5-7-12(17)8-6-11/h1-8H,9-10H2,(H,18,19). The van der Waals surface area contributed by atoms with Crippen LogP contribution >= 0.6 is 23.4 Å². The average Bonchev–Trinajstić information content (AvgIpc) is 2.44. The van der Waals surface area contributed by atoms with Crippen LogP contribution in [-0.2, 0) is 10.5 Å². The van der Waals surface area contributed by atoms with Crippen LogP contribution in [0.25, 0.3) is 0 Å². The van der Waals surface area contributed by atoms with Gasteiger partial charge in [0.1, 0.15) is 5.82 Å². The highest BCUT2D eigenvalue weighted by Crippen LogP contribution is 2.21. The first-order valence-corrected chi connectivity index (χ1v) is 7.55. The molecule has 0 aliphatic rings. The fraction of sp³-hybridized carbons (Fsp3) is 0.133. The van der Waals surface area contributed by atoms with Crippen molar-refractivity contribution in [2.45, 2.75) is 5.75 Å². The van der Waals surface area contributed by atoms with E-state index >= 15 is 0 Å². The Kier molecular flexibility index (Phi) is 5.44. The first-order valence-electron chi connectivity index (χ1n) is 6.02. The first kappa shape index (κ1) is 14.9. The molecule has 0 radical (unpaired) electrons. The predicted octanol–water partition coefficient (Wildman–Crippen LogP) is 4.35. The summed E-state index contributed by atoms with van der Waals surface area (Å²) in [6.45, 7) is 0. The summed E-state index contributed by atoms with van der Waals surface area (Å²) in [6, 6.07) is 13.4. The summed E-state index contributed by atoms with van der Waals surface area (Å²) in [5, 5.41) is 3.27. The Bertz CT molecular complexity index is 589. The fourth-order valence-electron chi connectivity index (χ4n) is 1.59. The van der Waals surface area contributed by atoms with Crippen LogP contribution in [0.5, 0.6) is 0 Å². The zero-order valence-corrected chi connectivity index (χ0v) is 12.2. The molecular formula is C15H13ClFNOS. The van der Waals surface area contributed by atoms with Gasteiger partial charge in [-0.1, -0.05) is 35.9 Å². The van der Waals surface area contributed by atoms with Gasteiger partial charge in [0.05, 0.1) is 16.5 Å². The Balaban J connectivity index is 1.78. The van der Waals surface area contributed by atoms with Gasteiger partial charge in [-0.05, 0) is 29.8 Å². The van der Waals surface area contributed by atoms with Crippen LogP contribution in [0.15, 0.2) is 48.5 Å². The molecule has 1 amide bonds. The number of hydrogen-bond acceptors (Lipinski definition) is 2. The smallest absolute Gasteiger partial charge is 0.234 e. The van der Waals surface area contributed by atoms with Crippen LogP contribution in [0.1, 0.15) is 5.56 Å². The van der Waals surface area contributed by atoms with Gasteiger partial charge in [-0.3, -0.25) is 4.79 Å². The quantitative estimate of drug-likeness (QED) is 0.889. The van der Waals surface area contributed by atoms with E-state index in [0.29, 0.717) is 22.2 Å². The van der Waals surface area contributed by atoms with Crippen molar-refractivity contribution in [1.29, 1.82) is 0 Å². The lowest BCUT2D eigenvalue weighted by molar-refractivity contribution is -0.113. The largest absolute Gasteiger partial charge is 0.324 e. The monoisotopic (exact) mass is 309 g/mol. The van der Waals surface area contributed by atoms with Crippen molar-refractivity contribution < 1.29 is 9.18 Å². The van der Waals surface area contributed by atoms with Gasteiger partial charge in [0.15, 0.2) is 0 Å². The number of carbonyl (C=O) groups excluding carboxylic acids is 1. The van der Waals surface area contributed by atoms with Crippen LogP contribution in [-0.4, -0.2) is 11.7 Å². The zero-order chi connectivity index (χ0) is 14.4. The Hall–Kier alpha value is -1.52. The van der Waals surface area contributed by atoms with Gasteiger partial charge in [0, 0.05) is 5.75 Å². The van der Waals surface area contributed by atoms with Crippen LogP contribution < -0.4 is 5.32 Å². The van der Waals surface area contributed by atoms with Gasteiger partial charge in [-0.15, -0.1) is 11.8 Å². The van der Waals surface area contributed by atoms with E-state index in [4.69, 9.17) is 11.6 Å². The molecule has 0 atom stereocenters. The maximum absolute atomic E-state index is 12.7. The summed E-state index contributed by atoms with van der Waals surface area (Å²) in [5.74, 6) is 0.624. The predicted molar refractivity (Wildman–Crippen MR) is 82.6 cm³/mol. The maximum atomic E-state index is 12.7. The first-order chi connectivity index (χ1) is 9.65. The molecule has 2 aromatic carbocycles. The number of thioether (sulfide) groups is 1. The molecular weight excluding hydrogens is 297 g/mol. The summed E-state index contributed by atoms with van der Waals surface area (Å²) in [4.78, 5) is 11.8. The molecule has 2 nitrogen and oxygen atoms in total. The Morgan fingerprint density at radius 1 is 1.15 bits per heavy atom. The van der Waals surface area contributed by atoms with E-state index in [9.17, 15) is 9.18 Å². The van der Waals surface area contributed by atoms with Gasteiger partial charge in [0.2, 0.25) is 5.91 Å². The molecule has 1 N–H and O–H groups in total.